The van der Waals surface area contributed by atoms with Crippen molar-refractivity contribution >= 4 is 11.3 Å². The van der Waals surface area contributed by atoms with E-state index >= 15 is 0 Å². The lowest BCUT2D eigenvalue weighted by atomic mass is 9.83. The minimum absolute atomic E-state index is 0.122. The molecule has 0 radical (unpaired) electrons. The van der Waals surface area contributed by atoms with E-state index in [4.69, 9.17) is 10.7 Å². The second-order valence-corrected chi connectivity index (χ2v) is 7.50. The molecule has 19 heavy (non-hydrogen) atoms. The SMILES string of the molecule is CC(C)N1CCc2nc(C3(N)CCCCC3)sc2C1. The Morgan fingerprint density at radius 1 is 1.26 bits per heavy atom. The van der Waals surface area contributed by atoms with Gasteiger partial charge in [0, 0.05) is 30.4 Å². The van der Waals surface area contributed by atoms with Crippen molar-refractivity contribution in [1.29, 1.82) is 0 Å². The summed E-state index contributed by atoms with van der Waals surface area (Å²) in [5.74, 6) is 0. The first kappa shape index (κ1) is 13.5. The zero-order chi connectivity index (χ0) is 13.5. The minimum Gasteiger partial charge on any atom is -0.319 e. The van der Waals surface area contributed by atoms with Crippen molar-refractivity contribution in [2.75, 3.05) is 6.54 Å². The summed E-state index contributed by atoms with van der Waals surface area (Å²) in [7, 11) is 0. The van der Waals surface area contributed by atoms with E-state index in [9.17, 15) is 0 Å². The fourth-order valence-corrected chi connectivity index (χ4v) is 4.56. The largest absolute Gasteiger partial charge is 0.319 e. The summed E-state index contributed by atoms with van der Waals surface area (Å²) in [6.07, 6.45) is 7.20. The maximum Gasteiger partial charge on any atom is 0.113 e. The first-order chi connectivity index (χ1) is 9.08. The van der Waals surface area contributed by atoms with Crippen molar-refractivity contribution in [3.63, 3.8) is 0 Å². The molecule has 106 valence electrons. The molecule has 0 spiro atoms. The summed E-state index contributed by atoms with van der Waals surface area (Å²) in [6.45, 7) is 6.77. The Kier molecular flexibility index (Phi) is 3.67. The van der Waals surface area contributed by atoms with Gasteiger partial charge in [-0.05, 0) is 26.7 Å². The van der Waals surface area contributed by atoms with E-state index in [-0.39, 0.29) is 5.54 Å². The molecule has 1 aromatic heterocycles. The normalized spacial score (nSPS) is 23.6. The van der Waals surface area contributed by atoms with Crippen LogP contribution in [-0.4, -0.2) is 22.5 Å². The summed E-state index contributed by atoms with van der Waals surface area (Å²) < 4.78 is 0. The van der Waals surface area contributed by atoms with Gasteiger partial charge in [-0.15, -0.1) is 11.3 Å². The van der Waals surface area contributed by atoms with Crippen molar-refractivity contribution in [3.05, 3.63) is 15.6 Å². The molecule has 3 rings (SSSR count). The van der Waals surface area contributed by atoms with E-state index in [1.165, 1.54) is 34.8 Å². The molecule has 1 saturated carbocycles. The highest BCUT2D eigenvalue weighted by Crippen LogP contribution is 2.39. The predicted molar refractivity (Wildman–Crippen MR) is 80.3 cm³/mol. The van der Waals surface area contributed by atoms with Gasteiger partial charge < -0.3 is 5.73 Å². The molecule has 2 aliphatic rings. The van der Waals surface area contributed by atoms with Crippen LogP contribution in [0.5, 0.6) is 0 Å². The standard InChI is InChI=1S/C15H25N3S/c1-11(2)18-9-6-12-13(10-18)19-14(17-12)15(16)7-4-3-5-8-15/h11H,3-10,16H2,1-2H3. The molecule has 3 nitrogen and oxygen atoms in total. The van der Waals surface area contributed by atoms with Gasteiger partial charge >= 0.3 is 0 Å². The number of hydrogen-bond acceptors (Lipinski definition) is 4. The van der Waals surface area contributed by atoms with Gasteiger partial charge in [0.2, 0.25) is 0 Å². The Bertz CT molecular complexity index is 446. The highest BCUT2D eigenvalue weighted by Gasteiger charge is 2.34. The molecular formula is C15H25N3S. The van der Waals surface area contributed by atoms with Gasteiger partial charge in [0.25, 0.3) is 0 Å². The van der Waals surface area contributed by atoms with Crippen molar-refractivity contribution in [1.82, 2.24) is 9.88 Å². The zero-order valence-corrected chi connectivity index (χ0v) is 12.9. The summed E-state index contributed by atoms with van der Waals surface area (Å²) >= 11 is 1.88. The molecule has 1 aromatic rings. The summed E-state index contributed by atoms with van der Waals surface area (Å²) in [6, 6.07) is 0.625. The molecule has 0 atom stereocenters. The van der Waals surface area contributed by atoms with Crippen LogP contribution in [0, 0.1) is 0 Å². The topological polar surface area (TPSA) is 42.2 Å². The number of nitrogens with two attached hydrogens (primary N) is 1. The van der Waals surface area contributed by atoms with Gasteiger partial charge in [-0.1, -0.05) is 19.3 Å². The lowest BCUT2D eigenvalue weighted by molar-refractivity contribution is 0.204. The number of rotatable bonds is 2. The van der Waals surface area contributed by atoms with E-state index in [0.717, 1.165) is 32.4 Å². The highest BCUT2D eigenvalue weighted by atomic mass is 32.1. The molecular weight excluding hydrogens is 254 g/mol. The van der Waals surface area contributed by atoms with Gasteiger partial charge in [0.15, 0.2) is 0 Å². The lowest BCUT2D eigenvalue weighted by Gasteiger charge is -2.31. The highest BCUT2D eigenvalue weighted by molar-refractivity contribution is 7.11. The van der Waals surface area contributed by atoms with Crippen molar-refractivity contribution in [2.45, 2.75) is 70.5 Å². The Labute approximate surface area is 120 Å². The molecule has 2 heterocycles. The molecule has 4 heteroatoms. The maximum absolute atomic E-state index is 6.62. The van der Waals surface area contributed by atoms with Gasteiger partial charge in [0.05, 0.1) is 11.2 Å². The van der Waals surface area contributed by atoms with Crippen molar-refractivity contribution in [2.24, 2.45) is 5.73 Å². The number of fused-ring (bicyclic) bond motifs is 1. The molecule has 0 unspecified atom stereocenters. The van der Waals surface area contributed by atoms with Crippen LogP contribution in [-0.2, 0) is 18.5 Å². The van der Waals surface area contributed by atoms with E-state index in [0.29, 0.717) is 6.04 Å². The summed E-state index contributed by atoms with van der Waals surface area (Å²) in [5.41, 5.74) is 7.83. The number of hydrogen-bond donors (Lipinski definition) is 1. The van der Waals surface area contributed by atoms with Crippen LogP contribution in [0.15, 0.2) is 0 Å². The van der Waals surface area contributed by atoms with Crippen LogP contribution in [0.3, 0.4) is 0 Å². The summed E-state index contributed by atoms with van der Waals surface area (Å²) in [4.78, 5) is 8.91. The molecule has 0 bridgehead atoms. The Morgan fingerprint density at radius 2 is 2.00 bits per heavy atom. The van der Waals surface area contributed by atoms with Crippen molar-refractivity contribution in [3.8, 4) is 0 Å². The quantitative estimate of drug-likeness (QED) is 0.905. The van der Waals surface area contributed by atoms with E-state index in [1.54, 1.807) is 0 Å². The molecule has 1 aliphatic heterocycles. The molecule has 0 amide bonds. The van der Waals surface area contributed by atoms with Crippen LogP contribution in [0.4, 0.5) is 0 Å². The zero-order valence-electron chi connectivity index (χ0n) is 12.1. The Morgan fingerprint density at radius 3 is 2.68 bits per heavy atom. The predicted octanol–water partition coefficient (Wildman–Crippen LogP) is 3.03. The minimum atomic E-state index is -0.122. The number of aromatic nitrogens is 1. The number of thiazole rings is 1. The van der Waals surface area contributed by atoms with Gasteiger partial charge in [-0.2, -0.15) is 0 Å². The monoisotopic (exact) mass is 279 g/mol. The molecule has 0 aromatic carbocycles. The molecule has 1 aliphatic carbocycles. The average molecular weight is 279 g/mol. The fraction of sp³-hybridized carbons (Fsp3) is 0.800. The first-order valence-electron chi connectivity index (χ1n) is 7.60. The van der Waals surface area contributed by atoms with Gasteiger partial charge in [0.1, 0.15) is 5.01 Å². The first-order valence-corrected chi connectivity index (χ1v) is 8.42. The third kappa shape index (κ3) is 2.58. The third-order valence-corrected chi connectivity index (χ3v) is 5.97. The summed E-state index contributed by atoms with van der Waals surface area (Å²) in [5, 5.41) is 1.21. The van der Waals surface area contributed by atoms with Crippen LogP contribution in [0.25, 0.3) is 0 Å². The molecule has 1 fully saturated rings. The smallest absolute Gasteiger partial charge is 0.113 e. The van der Waals surface area contributed by atoms with Gasteiger partial charge in [-0.25, -0.2) is 4.98 Å². The van der Waals surface area contributed by atoms with Crippen LogP contribution >= 0.6 is 11.3 Å². The van der Waals surface area contributed by atoms with Crippen LogP contribution in [0.1, 0.15) is 61.5 Å². The van der Waals surface area contributed by atoms with E-state index < -0.39 is 0 Å². The van der Waals surface area contributed by atoms with E-state index in [2.05, 4.69) is 18.7 Å². The fourth-order valence-electron chi connectivity index (χ4n) is 3.27. The Balaban J connectivity index is 1.83. The number of nitrogens with zero attached hydrogens (tertiary/aromatic N) is 2. The molecule has 0 saturated heterocycles. The molecule has 2 N–H and O–H groups in total. The third-order valence-electron chi connectivity index (χ3n) is 4.66. The maximum atomic E-state index is 6.62. The Hall–Kier alpha value is -0.450. The average Bonchev–Trinajstić information content (AvgIpc) is 2.83. The second-order valence-electron chi connectivity index (χ2n) is 6.42. The lowest BCUT2D eigenvalue weighted by Crippen LogP contribution is -2.38. The van der Waals surface area contributed by atoms with Crippen LogP contribution in [0.2, 0.25) is 0 Å². The van der Waals surface area contributed by atoms with E-state index in [1.807, 2.05) is 11.3 Å². The van der Waals surface area contributed by atoms with Crippen molar-refractivity contribution < 1.29 is 0 Å². The van der Waals surface area contributed by atoms with Gasteiger partial charge in [-0.3, -0.25) is 4.90 Å². The second kappa shape index (κ2) is 5.15. The van der Waals surface area contributed by atoms with Crippen LogP contribution < -0.4 is 5.73 Å².